The van der Waals surface area contributed by atoms with E-state index in [0.29, 0.717) is 12.3 Å². The Balaban J connectivity index is 1.51. The first kappa shape index (κ1) is 19.8. The smallest absolute Gasteiger partial charge is 0.272 e. The number of benzene rings is 2. The van der Waals surface area contributed by atoms with Gasteiger partial charge in [0.15, 0.2) is 0 Å². The van der Waals surface area contributed by atoms with Crippen molar-refractivity contribution >= 4 is 34.1 Å². The van der Waals surface area contributed by atoms with E-state index in [2.05, 4.69) is 15.2 Å². The maximum atomic E-state index is 12.9. The van der Waals surface area contributed by atoms with Crippen molar-refractivity contribution in [3.05, 3.63) is 54.2 Å². The number of piperidine rings is 1. The predicted octanol–water partition coefficient (Wildman–Crippen LogP) is 3.52. The summed E-state index contributed by atoms with van der Waals surface area (Å²) in [6.45, 7) is 3.98. The fourth-order valence-electron chi connectivity index (χ4n) is 3.93. The topological polar surface area (TPSA) is 100 Å². The summed E-state index contributed by atoms with van der Waals surface area (Å²) < 4.78 is 5.53. The van der Waals surface area contributed by atoms with Crippen molar-refractivity contribution in [2.24, 2.45) is 11.7 Å². The van der Waals surface area contributed by atoms with Gasteiger partial charge in [-0.25, -0.2) is 0 Å². The third-order valence-corrected chi connectivity index (χ3v) is 5.54. The molecule has 156 valence electrons. The Labute approximate surface area is 175 Å². The number of nitrogens with two attached hydrogens (primary N) is 1. The molecule has 7 nitrogen and oxygen atoms in total. The van der Waals surface area contributed by atoms with Crippen LogP contribution in [0.3, 0.4) is 0 Å². The summed E-state index contributed by atoms with van der Waals surface area (Å²) in [5.74, 6) is 0.255. The van der Waals surface area contributed by atoms with Crippen molar-refractivity contribution < 1.29 is 14.3 Å². The molecule has 0 unspecified atom stereocenters. The van der Waals surface area contributed by atoms with Gasteiger partial charge in [-0.3, -0.25) is 9.59 Å². The lowest BCUT2D eigenvalue weighted by atomic mass is 9.96. The van der Waals surface area contributed by atoms with E-state index in [1.54, 1.807) is 0 Å². The van der Waals surface area contributed by atoms with E-state index in [1.165, 1.54) is 0 Å². The fourth-order valence-corrected chi connectivity index (χ4v) is 3.93. The monoisotopic (exact) mass is 406 g/mol. The van der Waals surface area contributed by atoms with Gasteiger partial charge >= 0.3 is 0 Å². The second kappa shape index (κ2) is 8.49. The van der Waals surface area contributed by atoms with Crippen LogP contribution in [0, 0.1) is 5.92 Å². The minimum atomic E-state index is -0.234. The highest BCUT2D eigenvalue weighted by molar-refractivity contribution is 6.07. The standard InChI is InChI=1S/C23H26N4O3/c1-2-30-17-8-7-16-13-20(25-19(16)14-17)23(29)26-18-5-3-4-6-21(18)27-11-9-15(10-12-27)22(24)28/h3-8,13-15,25H,2,9-12H2,1H3,(H2,24,28)(H,26,29). The summed E-state index contributed by atoms with van der Waals surface area (Å²) in [7, 11) is 0. The highest BCUT2D eigenvalue weighted by atomic mass is 16.5. The minimum Gasteiger partial charge on any atom is -0.494 e. The van der Waals surface area contributed by atoms with Crippen LogP contribution in [0.2, 0.25) is 0 Å². The lowest BCUT2D eigenvalue weighted by molar-refractivity contribution is -0.122. The second-order valence-corrected chi connectivity index (χ2v) is 7.50. The Morgan fingerprint density at radius 1 is 1.17 bits per heavy atom. The fraction of sp³-hybridized carbons (Fsp3) is 0.304. The average molecular weight is 406 g/mol. The number of nitrogens with one attached hydrogen (secondary N) is 2. The largest absolute Gasteiger partial charge is 0.494 e. The van der Waals surface area contributed by atoms with Crippen LogP contribution in [0.15, 0.2) is 48.5 Å². The molecule has 30 heavy (non-hydrogen) atoms. The second-order valence-electron chi connectivity index (χ2n) is 7.50. The zero-order chi connectivity index (χ0) is 21.1. The molecule has 0 bridgehead atoms. The maximum Gasteiger partial charge on any atom is 0.272 e. The van der Waals surface area contributed by atoms with Gasteiger partial charge in [0.1, 0.15) is 11.4 Å². The Kier molecular flexibility index (Phi) is 5.61. The molecule has 2 amide bonds. The van der Waals surface area contributed by atoms with Gasteiger partial charge in [-0.1, -0.05) is 12.1 Å². The molecule has 1 fully saturated rings. The summed E-state index contributed by atoms with van der Waals surface area (Å²) in [6, 6.07) is 15.3. The van der Waals surface area contributed by atoms with Crippen LogP contribution < -0.4 is 20.7 Å². The first-order valence-corrected chi connectivity index (χ1v) is 10.3. The molecular weight excluding hydrogens is 380 g/mol. The molecule has 0 atom stereocenters. The lowest BCUT2D eigenvalue weighted by Gasteiger charge is -2.33. The summed E-state index contributed by atoms with van der Waals surface area (Å²) in [4.78, 5) is 29.7. The van der Waals surface area contributed by atoms with E-state index < -0.39 is 0 Å². The van der Waals surface area contributed by atoms with Crippen LogP contribution in [0.25, 0.3) is 10.9 Å². The predicted molar refractivity (Wildman–Crippen MR) is 118 cm³/mol. The zero-order valence-corrected chi connectivity index (χ0v) is 17.0. The van der Waals surface area contributed by atoms with E-state index in [-0.39, 0.29) is 17.7 Å². The molecule has 2 heterocycles. The zero-order valence-electron chi connectivity index (χ0n) is 17.0. The third-order valence-electron chi connectivity index (χ3n) is 5.54. The number of aromatic nitrogens is 1. The van der Waals surface area contributed by atoms with E-state index in [9.17, 15) is 9.59 Å². The van der Waals surface area contributed by atoms with Crippen molar-refractivity contribution in [1.82, 2.24) is 4.98 Å². The van der Waals surface area contributed by atoms with Crippen molar-refractivity contribution in [2.75, 3.05) is 29.9 Å². The van der Waals surface area contributed by atoms with Gasteiger partial charge in [-0.15, -0.1) is 0 Å². The number of H-pyrrole nitrogens is 1. The first-order chi connectivity index (χ1) is 14.5. The molecule has 0 spiro atoms. The lowest BCUT2D eigenvalue weighted by Crippen LogP contribution is -2.38. The SMILES string of the molecule is CCOc1ccc2cc(C(=O)Nc3ccccc3N3CCC(C(N)=O)CC3)[nH]c2c1. The summed E-state index contributed by atoms with van der Waals surface area (Å²) in [6.07, 6.45) is 1.45. The highest BCUT2D eigenvalue weighted by Gasteiger charge is 2.24. The van der Waals surface area contributed by atoms with Crippen LogP contribution in [0.1, 0.15) is 30.3 Å². The number of hydrogen-bond acceptors (Lipinski definition) is 4. The van der Waals surface area contributed by atoms with Gasteiger partial charge < -0.3 is 25.7 Å². The van der Waals surface area contributed by atoms with Crippen molar-refractivity contribution in [2.45, 2.75) is 19.8 Å². The van der Waals surface area contributed by atoms with E-state index in [0.717, 1.165) is 54.0 Å². The Morgan fingerprint density at radius 3 is 2.67 bits per heavy atom. The molecule has 4 rings (SSSR count). The number of fused-ring (bicyclic) bond motifs is 1. The molecule has 4 N–H and O–H groups in total. The number of rotatable bonds is 6. The highest BCUT2D eigenvalue weighted by Crippen LogP contribution is 2.30. The molecule has 1 aliphatic rings. The number of ether oxygens (including phenoxy) is 1. The van der Waals surface area contributed by atoms with Crippen molar-refractivity contribution in [3.63, 3.8) is 0 Å². The van der Waals surface area contributed by atoms with Gasteiger partial charge in [0.2, 0.25) is 5.91 Å². The maximum absolute atomic E-state index is 12.9. The molecule has 0 aliphatic carbocycles. The number of amides is 2. The van der Waals surface area contributed by atoms with Crippen molar-refractivity contribution in [1.29, 1.82) is 0 Å². The quantitative estimate of drug-likeness (QED) is 0.583. The number of primary amides is 1. The van der Waals surface area contributed by atoms with E-state index in [4.69, 9.17) is 10.5 Å². The number of hydrogen-bond donors (Lipinski definition) is 3. The van der Waals surface area contributed by atoms with Crippen LogP contribution in [0.4, 0.5) is 11.4 Å². The number of nitrogens with zero attached hydrogens (tertiary/aromatic N) is 1. The molecule has 1 aliphatic heterocycles. The third kappa shape index (κ3) is 4.10. The van der Waals surface area contributed by atoms with Crippen LogP contribution in [-0.2, 0) is 4.79 Å². The Bertz CT molecular complexity index is 1070. The molecule has 0 radical (unpaired) electrons. The summed E-state index contributed by atoms with van der Waals surface area (Å²) >= 11 is 0. The molecule has 2 aromatic carbocycles. The molecular formula is C23H26N4O3. The number of anilines is 2. The van der Waals surface area contributed by atoms with Crippen LogP contribution >= 0.6 is 0 Å². The molecule has 1 saturated heterocycles. The number of carbonyl (C=O) groups excluding carboxylic acids is 2. The van der Waals surface area contributed by atoms with Gasteiger partial charge in [-0.2, -0.15) is 0 Å². The number of carbonyl (C=O) groups is 2. The van der Waals surface area contributed by atoms with E-state index in [1.807, 2.05) is 55.5 Å². The Hall–Kier alpha value is -3.48. The van der Waals surface area contributed by atoms with Gasteiger partial charge in [0.05, 0.1) is 18.0 Å². The summed E-state index contributed by atoms with van der Waals surface area (Å²) in [5, 5.41) is 3.97. The first-order valence-electron chi connectivity index (χ1n) is 10.3. The van der Waals surface area contributed by atoms with Gasteiger partial charge in [0, 0.05) is 36.0 Å². The van der Waals surface area contributed by atoms with E-state index >= 15 is 0 Å². The average Bonchev–Trinajstić information content (AvgIpc) is 3.18. The normalized spacial score (nSPS) is 14.6. The van der Waals surface area contributed by atoms with Crippen molar-refractivity contribution in [3.8, 4) is 5.75 Å². The molecule has 7 heteroatoms. The van der Waals surface area contributed by atoms with Crippen LogP contribution in [0.5, 0.6) is 5.75 Å². The Morgan fingerprint density at radius 2 is 1.93 bits per heavy atom. The number of aromatic amines is 1. The van der Waals surface area contributed by atoms with Crippen LogP contribution in [-0.4, -0.2) is 36.5 Å². The molecule has 1 aromatic heterocycles. The molecule has 3 aromatic rings. The number of para-hydroxylation sites is 2. The molecule has 0 saturated carbocycles. The van der Waals surface area contributed by atoms with Gasteiger partial charge in [-0.05, 0) is 50.1 Å². The summed E-state index contributed by atoms with van der Waals surface area (Å²) in [5.41, 5.74) is 8.48. The van der Waals surface area contributed by atoms with Gasteiger partial charge in [0.25, 0.3) is 5.91 Å². The minimum absolute atomic E-state index is 0.0732.